The van der Waals surface area contributed by atoms with Crippen molar-refractivity contribution in [2.45, 2.75) is 5.03 Å². The van der Waals surface area contributed by atoms with Gasteiger partial charge in [0.2, 0.25) is 9.05 Å². The van der Waals surface area contributed by atoms with Crippen LogP contribution in [0.3, 0.4) is 0 Å². The standard InChI is InChI=1S/C8H6ClN3O4S2/c9-18(15,16)2-1-17-8-6(4-10)3-7(5-11-8)12(13)14/h3,5H,1-2H2. The van der Waals surface area contributed by atoms with E-state index in [-0.39, 0.29) is 27.8 Å². The Morgan fingerprint density at radius 2 is 2.28 bits per heavy atom. The maximum absolute atomic E-state index is 10.7. The average Bonchev–Trinajstić information content (AvgIpc) is 2.27. The Bertz CT molecular complexity index is 611. The summed E-state index contributed by atoms with van der Waals surface area (Å²) in [7, 11) is 1.42. The summed E-state index contributed by atoms with van der Waals surface area (Å²) in [6.45, 7) is 0. The van der Waals surface area contributed by atoms with Gasteiger partial charge in [-0.3, -0.25) is 10.1 Å². The van der Waals surface area contributed by atoms with Crippen LogP contribution >= 0.6 is 22.4 Å². The molecule has 1 heterocycles. The predicted molar refractivity (Wildman–Crippen MR) is 66.0 cm³/mol. The molecule has 7 nitrogen and oxygen atoms in total. The molecular weight excluding hydrogens is 302 g/mol. The van der Waals surface area contributed by atoms with Gasteiger partial charge in [-0.25, -0.2) is 13.4 Å². The van der Waals surface area contributed by atoms with Gasteiger partial charge in [-0.05, 0) is 0 Å². The molecule has 0 atom stereocenters. The van der Waals surface area contributed by atoms with Crippen molar-refractivity contribution in [2.24, 2.45) is 0 Å². The fourth-order valence-electron chi connectivity index (χ4n) is 0.974. The molecule has 1 aromatic rings. The summed E-state index contributed by atoms with van der Waals surface area (Å²) in [6.07, 6.45) is 1.01. The molecule has 0 aliphatic heterocycles. The Morgan fingerprint density at radius 1 is 1.61 bits per heavy atom. The van der Waals surface area contributed by atoms with Crippen LogP contribution in [-0.4, -0.2) is 29.8 Å². The van der Waals surface area contributed by atoms with Gasteiger partial charge in [0.15, 0.2) is 0 Å². The van der Waals surface area contributed by atoms with Crippen molar-refractivity contribution in [3.8, 4) is 6.07 Å². The van der Waals surface area contributed by atoms with E-state index < -0.39 is 14.0 Å². The third-order valence-electron chi connectivity index (χ3n) is 1.73. The molecule has 0 spiro atoms. The van der Waals surface area contributed by atoms with Gasteiger partial charge in [-0.1, -0.05) is 0 Å². The highest BCUT2D eigenvalue weighted by molar-refractivity contribution is 8.14. The van der Waals surface area contributed by atoms with Crippen molar-refractivity contribution in [2.75, 3.05) is 11.5 Å². The van der Waals surface area contributed by atoms with Gasteiger partial charge in [0.1, 0.15) is 17.3 Å². The fraction of sp³-hybridized carbons (Fsp3) is 0.250. The topological polar surface area (TPSA) is 114 Å². The summed E-state index contributed by atoms with van der Waals surface area (Å²) in [4.78, 5) is 13.6. The number of rotatable bonds is 5. The number of hydrogen-bond donors (Lipinski definition) is 0. The van der Waals surface area contributed by atoms with Gasteiger partial charge in [0.25, 0.3) is 5.69 Å². The van der Waals surface area contributed by atoms with E-state index in [1.165, 1.54) is 0 Å². The molecule has 0 aromatic carbocycles. The van der Waals surface area contributed by atoms with Crippen LogP contribution in [-0.2, 0) is 9.05 Å². The molecular formula is C8H6ClN3O4S2. The van der Waals surface area contributed by atoms with Crippen molar-refractivity contribution in [1.82, 2.24) is 4.98 Å². The molecule has 0 fully saturated rings. The Balaban J connectivity index is 2.84. The molecule has 18 heavy (non-hydrogen) atoms. The van der Waals surface area contributed by atoms with E-state index in [9.17, 15) is 18.5 Å². The van der Waals surface area contributed by atoms with Crippen LogP contribution in [0.25, 0.3) is 0 Å². The van der Waals surface area contributed by atoms with Crippen LogP contribution in [0.1, 0.15) is 5.56 Å². The van der Waals surface area contributed by atoms with E-state index in [2.05, 4.69) is 4.98 Å². The predicted octanol–water partition coefficient (Wildman–Crippen LogP) is 1.52. The Labute approximate surface area is 111 Å². The number of halogens is 1. The largest absolute Gasteiger partial charge is 0.288 e. The smallest absolute Gasteiger partial charge is 0.258 e. The van der Waals surface area contributed by atoms with E-state index in [0.717, 1.165) is 24.0 Å². The van der Waals surface area contributed by atoms with E-state index in [4.69, 9.17) is 15.9 Å². The number of hydrogen-bond acceptors (Lipinski definition) is 7. The summed E-state index contributed by atoms with van der Waals surface area (Å²) in [5.74, 6) is -0.159. The van der Waals surface area contributed by atoms with Crippen LogP contribution in [0.4, 0.5) is 5.69 Å². The number of thioether (sulfide) groups is 1. The van der Waals surface area contributed by atoms with E-state index in [0.29, 0.717) is 0 Å². The molecule has 0 saturated carbocycles. The lowest BCUT2D eigenvalue weighted by Gasteiger charge is -2.01. The second-order valence-corrected chi connectivity index (χ2v) is 6.99. The van der Waals surface area contributed by atoms with E-state index in [1.807, 2.05) is 0 Å². The normalized spacial score (nSPS) is 10.9. The molecule has 0 amide bonds. The number of nitrogens with zero attached hydrogens (tertiary/aromatic N) is 3. The highest BCUT2D eigenvalue weighted by Crippen LogP contribution is 2.23. The minimum Gasteiger partial charge on any atom is -0.258 e. The molecule has 96 valence electrons. The fourth-order valence-corrected chi connectivity index (χ4v) is 3.25. The highest BCUT2D eigenvalue weighted by atomic mass is 35.7. The Hall–Kier alpha value is -1.37. The molecule has 0 bridgehead atoms. The summed E-state index contributed by atoms with van der Waals surface area (Å²) in [5, 5.41) is 19.5. The summed E-state index contributed by atoms with van der Waals surface area (Å²) >= 11 is 0.999. The zero-order valence-electron chi connectivity index (χ0n) is 8.74. The molecule has 0 aliphatic carbocycles. The third kappa shape index (κ3) is 4.48. The monoisotopic (exact) mass is 307 g/mol. The van der Waals surface area contributed by atoms with Crippen LogP contribution in [0, 0.1) is 21.4 Å². The summed E-state index contributed by atoms with van der Waals surface area (Å²) < 4.78 is 21.4. The molecule has 0 N–H and O–H groups in total. The number of nitriles is 1. The van der Waals surface area contributed by atoms with Gasteiger partial charge in [0, 0.05) is 22.5 Å². The zero-order chi connectivity index (χ0) is 13.8. The van der Waals surface area contributed by atoms with Crippen LogP contribution in [0.5, 0.6) is 0 Å². The zero-order valence-corrected chi connectivity index (χ0v) is 11.1. The first-order chi connectivity index (χ1) is 8.33. The average molecular weight is 308 g/mol. The lowest BCUT2D eigenvalue weighted by atomic mass is 10.3. The Morgan fingerprint density at radius 3 is 2.78 bits per heavy atom. The first-order valence-corrected chi connectivity index (χ1v) is 7.89. The van der Waals surface area contributed by atoms with E-state index in [1.54, 1.807) is 6.07 Å². The van der Waals surface area contributed by atoms with Crippen molar-refractivity contribution < 1.29 is 13.3 Å². The van der Waals surface area contributed by atoms with Crippen molar-refractivity contribution >= 4 is 37.2 Å². The van der Waals surface area contributed by atoms with Gasteiger partial charge in [0.05, 0.1) is 16.2 Å². The highest BCUT2D eigenvalue weighted by Gasteiger charge is 2.13. The number of aromatic nitrogens is 1. The Kier molecular flexibility index (Phi) is 4.89. The number of pyridine rings is 1. The second-order valence-electron chi connectivity index (χ2n) is 3.01. The molecule has 0 unspecified atom stereocenters. The molecule has 1 rings (SSSR count). The molecule has 0 aliphatic rings. The molecule has 10 heteroatoms. The molecule has 1 aromatic heterocycles. The lowest BCUT2D eigenvalue weighted by Crippen LogP contribution is -2.01. The van der Waals surface area contributed by atoms with Gasteiger partial charge < -0.3 is 0 Å². The van der Waals surface area contributed by atoms with Crippen LogP contribution < -0.4 is 0 Å². The van der Waals surface area contributed by atoms with Gasteiger partial charge >= 0.3 is 0 Å². The molecule has 0 radical (unpaired) electrons. The van der Waals surface area contributed by atoms with Gasteiger partial charge in [-0.15, -0.1) is 11.8 Å². The van der Waals surface area contributed by atoms with Crippen LogP contribution in [0.15, 0.2) is 17.3 Å². The first kappa shape index (κ1) is 14.7. The quantitative estimate of drug-likeness (QED) is 0.350. The maximum Gasteiger partial charge on any atom is 0.288 e. The maximum atomic E-state index is 10.7. The summed E-state index contributed by atoms with van der Waals surface area (Å²) in [6, 6.07) is 2.86. The molecule has 0 saturated heterocycles. The lowest BCUT2D eigenvalue weighted by molar-refractivity contribution is -0.385. The third-order valence-corrected chi connectivity index (χ3v) is 4.15. The van der Waals surface area contributed by atoms with Crippen molar-refractivity contribution in [3.63, 3.8) is 0 Å². The van der Waals surface area contributed by atoms with Gasteiger partial charge in [-0.2, -0.15) is 5.26 Å². The minimum atomic E-state index is -3.60. The summed E-state index contributed by atoms with van der Waals surface area (Å²) in [5.41, 5.74) is -0.262. The second kappa shape index (κ2) is 5.99. The minimum absolute atomic E-state index is 0.0289. The van der Waals surface area contributed by atoms with Crippen molar-refractivity contribution in [1.29, 1.82) is 5.26 Å². The SMILES string of the molecule is N#Cc1cc([N+](=O)[O-])cnc1SCCS(=O)(=O)Cl. The van der Waals surface area contributed by atoms with Crippen LogP contribution in [0.2, 0.25) is 0 Å². The van der Waals surface area contributed by atoms with E-state index >= 15 is 0 Å². The van der Waals surface area contributed by atoms with Crippen molar-refractivity contribution in [3.05, 3.63) is 27.9 Å². The number of nitro groups is 1. The first-order valence-electron chi connectivity index (χ1n) is 4.43.